The predicted octanol–water partition coefficient (Wildman–Crippen LogP) is 1.88. The van der Waals surface area contributed by atoms with E-state index in [1.165, 1.54) is 0 Å². The van der Waals surface area contributed by atoms with Crippen LogP contribution >= 0.6 is 0 Å². The van der Waals surface area contributed by atoms with Gasteiger partial charge in [0.2, 0.25) is 0 Å². The highest BCUT2D eigenvalue weighted by Crippen LogP contribution is 2.09. The molecule has 0 saturated carbocycles. The number of urea groups is 1. The summed E-state index contributed by atoms with van der Waals surface area (Å²) < 4.78 is 0. The van der Waals surface area contributed by atoms with Crippen LogP contribution in [0.5, 0.6) is 0 Å². The van der Waals surface area contributed by atoms with Crippen molar-refractivity contribution < 1.29 is 4.79 Å². The molecule has 78 valence electrons. The fourth-order valence-electron chi connectivity index (χ4n) is 1.54. The zero-order chi connectivity index (χ0) is 10.4. The van der Waals surface area contributed by atoms with Crippen LogP contribution in [0.3, 0.4) is 0 Å². The van der Waals surface area contributed by atoms with Gasteiger partial charge in [0.15, 0.2) is 0 Å². The van der Waals surface area contributed by atoms with Gasteiger partial charge in [0.1, 0.15) is 0 Å². The molecule has 0 bridgehead atoms. The summed E-state index contributed by atoms with van der Waals surface area (Å²) in [4.78, 5) is 15.5. The summed E-state index contributed by atoms with van der Waals surface area (Å²) in [5.41, 5.74) is 0. The molecule has 1 rings (SSSR count). The van der Waals surface area contributed by atoms with Gasteiger partial charge in [0.05, 0.1) is 0 Å². The number of carbonyl (C=O) groups excluding carboxylic acids is 1. The maximum Gasteiger partial charge on any atom is 0.320 e. The number of amides is 2. The second kappa shape index (κ2) is 5.47. The lowest BCUT2D eigenvalue weighted by Crippen LogP contribution is -2.32. The smallest absolute Gasteiger partial charge is 0.320 e. The minimum absolute atomic E-state index is 0.161. The van der Waals surface area contributed by atoms with Crippen LogP contribution in [0.1, 0.15) is 12.8 Å². The Morgan fingerprint density at radius 2 is 1.50 bits per heavy atom. The van der Waals surface area contributed by atoms with Crippen molar-refractivity contribution in [2.45, 2.75) is 12.8 Å². The lowest BCUT2D eigenvalue weighted by Gasteiger charge is -2.17. The van der Waals surface area contributed by atoms with Crippen LogP contribution in [0.2, 0.25) is 0 Å². The van der Waals surface area contributed by atoms with Crippen molar-refractivity contribution in [3.8, 4) is 0 Å². The predicted molar refractivity (Wildman–Crippen MR) is 58.2 cm³/mol. The Balaban J connectivity index is 2.34. The van der Waals surface area contributed by atoms with E-state index in [4.69, 9.17) is 0 Å². The van der Waals surface area contributed by atoms with Crippen LogP contribution in [0, 0.1) is 0 Å². The lowest BCUT2D eigenvalue weighted by molar-refractivity contribution is 0.193. The SMILES string of the molecule is C=CCCN1CCN(CCC=C)C1=O. The van der Waals surface area contributed by atoms with Crippen LogP contribution in [-0.2, 0) is 0 Å². The van der Waals surface area contributed by atoms with E-state index in [9.17, 15) is 4.79 Å². The summed E-state index contributed by atoms with van der Waals surface area (Å²) in [5.74, 6) is 0. The first-order valence-corrected chi connectivity index (χ1v) is 5.05. The molecule has 2 amide bonds. The summed E-state index contributed by atoms with van der Waals surface area (Å²) in [6.07, 6.45) is 5.45. The molecule has 0 N–H and O–H groups in total. The quantitative estimate of drug-likeness (QED) is 0.592. The van der Waals surface area contributed by atoms with Gasteiger partial charge in [-0.2, -0.15) is 0 Å². The fourth-order valence-corrected chi connectivity index (χ4v) is 1.54. The van der Waals surface area contributed by atoms with Gasteiger partial charge in [-0.05, 0) is 12.8 Å². The highest BCUT2D eigenvalue weighted by Gasteiger charge is 2.26. The Labute approximate surface area is 85.7 Å². The molecule has 0 spiro atoms. The average molecular weight is 194 g/mol. The molecule has 0 atom stereocenters. The van der Waals surface area contributed by atoms with Gasteiger partial charge in [-0.25, -0.2) is 4.79 Å². The van der Waals surface area contributed by atoms with Crippen molar-refractivity contribution in [1.82, 2.24) is 9.80 Å². The first-order valence-electron chi connectivity index (χ1n) is 5.05. The third kappa shape index (κ3) is 2.62. The summed E-state index contributed by atoms with van der Waals surface area (Å²) in [6.45, 7) is 10.6. The van der Waals surface area contributed by atoms with E-state index in [0.717, 1.165) is 39.0 Å². The highest BCUT2D eigenvalue weighted by molar-refractivity contribution is 5.76. The second-order valence-corrected chi connectivity index (χ2v) is 3.41. The van der Waals surface area contributed by atoms with E-state index in [1.54, 1.807) is 0 Å². The molecule has 14 heavy (non-hydrogen) atoms. The van der Waals surface area contributed by atoms with E-state index in [1.807, 2.05) is 22.0 Å². The van der Waals surface area contributed by atoms with Gasteiger partial charge in [0, 0.05) is 26.2 Å². The van der Waals surface area contributed by atoms with E-state index in [2.05, 4.69) is 13.2 Å². The van der Waals surface area contributed by atoms with Crippen LogP contribution in [0.4, 0.5) is 4.79 Å². The van der Waals surface area contributed by atoms with Crippen molar-refractivity contribution >= 4 is 6.03 Å². The normalized spacial score (nSPS) is 16.1. The standard InChI is InChI=1S/C11H18N2O/c1-3-5-7-12-9-10-13(11(12)14)8-6-4-2/h3-4H,1-2,5-10H2. The fraction of sp³-hybridized carbons (Fsp3) is 0.545. The van der Waals surface area contributed by atoms with Gasteiger partial charge < -0.3 is 9.80 Å². The largest absolute Gasteiger partial charge is 0.323 e. The third-order valence-electron chi connectivity index (χ3n) is 2.39. The molecule has 1 heterocycles. The van der Waals surface area contributed by atoms with Crippen LogP contribution in [-0.4, -0.2) is 42.0 Å². The average Bonchev–Trinajstić information content (AvgIpc) is 2.54. The molecule has 0 aromatic carbocycles. The molecule has 0 aromatic heterocycles. The third-order valence-corrected chi connectivity index (χ3v) is 2.39. The molecule has 1 saturated heterocycles. The van der Waals surface area contributed by atoms with Gasteiger partial charge in [-0.1, -0.05) is 12.2 Å². The molecule has 0 unspecified atom stereocenters. The minimum atomic E-state index is 0.161. The Morgan fingerprint density at radius 3 is 1.86 bits per heavy atom. The zero-order valence-electron chi connectivity index (χ0n) is 8.61. The van der Waals surface area contributed by atoms with Gasteiger partial charge in [-0.3, -0.25) is 0 Å². The maximum absolute atomic E-state index is 11.7. The molecule has 1 aliphatic heterocycles. The number of hydrogen-bond acceptors (Lipinski definition) is 1. The van der Waals surface area contributed by atoms with Gasteiger partial charge in [0.25, 0.3) is 0 Å². The molecule has 0 aliphatic carbocycles. The summed E-state index contributed by atoms with van der Waals surface area (Å²) in [6, 6.07) is 0.161. The van der Waals surface area contributed by atoms with Crippen LogP contribution in [0.25, 0.3) is 0 Å². The van der Waals surface area contributed by atoms with E-state index >= 15 is 0 Å². The molecule has 3 nitrogen and oxygen atoms in total. The van der Waals surface area contributed by atoms with E-state index in [0.29, 0.717) is 0 Å². The van der Waals surface area contributed by atoms with E-state index < -0.39 is 0 Å². The molecule has 1 aliphatic rings. The Kier molecular flexibility index (Phi) is 4.23. The Bertz CT molecular complexity index is 203. The van der Waals surface area contributed by atoms with Crippen molar-refractivity contribution in [3.63, 3.8) is 0 Å². The number of hydrogen-bond donors (Lipinski definition) is 0. The Morgan fingerprint density at radius 1 is 1.07 bits per heavy atom. The van der Waals surface area contributed by atoms with E-state index in [-0.39, 0.29) is 6.03 Å². The first-order chi connectivity index (χ1) is 6.79. The molecule has 1 fully saturated rings. The summed E-state index contributed by atoms with van der Waals surface area (Å²) in [7, 11) is 0. The van der Waals surface area contributed by atoms with Crippen LogP contribution in [0.15, 0.2) is 25.3 Å². The van der Waals surface area contributed by atoms with Crippen molar-refractivity contribution in [2.75, 3.05) is 26.2 Å². The topological polar surface area (TPSA) is 23.6 Å². The minimum Gasteiger partial charge on any atom is -0.323 e. The van der Waals surface area contributed by atoms with Crippen LogP contribution < -0.4 is 0 Å². The monoisotopic (exact) mass is 194 g/mol. The van der Waals surface area contributed by atoms with Gasteiger partial charge >= 0.3 is 6.03 Å². The molecular formula is C11H18N2O. The summed E-state index contributed by atoms with van der Waals surface area (Å²) in [5, 5.41) is 0. The molecular weight excluding hydrogens is 176 g/mol. The molecule has 0 radical (unpaired) electrons. The van der Waals surface area contributed by atoms with Crippen molar-refractivity contribution in [3.05, 3.63) is 25.3 Å². The summed E-state index contributed by atoms with van der Waals surface area (Å²) >= 11 is 0. The number of rotatable bonds is 6. The second-order valence-electron chi connectivity index (χ2n) is 3.41. The Hall–Kier alpha value is -1.25. The van der Waals surface area contributed by atoms with Gasteiger partial charge in [-0.15, -0.1) is 13.2 Å². The highest BCUT2D eigenvalue weighted by atomic mass is 16.2. The molecule has 3 heteroatoms. The maximum atomic E-state index is 11.7. The van der Waals surface area contributed by atoms with Crippen molar-refractivity contribution in [2.24, 2.45) is 0 Å². The molecule has 0 aromatic rings. The number of nitrogens with zero attached hydrogens (tertiary/aromatic N) is 2. The number of carbonyl (C=O) groups is 1. The lowest BCUT2D eigenvalue weighted by atomic mass is 10.4. The first kappa shape index (κ1) is 10.8. The zero-order valence-corrected chi connectivity index (χ0v) is 8.61. The van der Waals surface area contributed by atoms with Crippen molar-refractivity contribution in [1.29, 1.82) is 0 Å².